The fourth-order valence-corrected chi connectivity index (χ4v) is 1.13. The van der Waals surface area contributed by atoms with Gasteiger partial charge >= 0.3 is 11.9 Å². The van der Waals surface area contributed by atoms with E-state index in [1.807, 2.05) is 6.07 Å². The molecule has 2 atom stereocenters. The number of carbonyl (C=O) groups is 2. The lowest BCUT2D eigenvalue weighted by Gasteiger charge is -2.14. The van der Waals surface area contributed by atoms with Crippen LogP contribution in [-0.4, -0.2) is 29.1 Å². The SMILES string of the molecule is Cl.NC(C(=O)O)C(N)C(=O)OCc1ccccc1. The van der Waals surface area contributed by atoms with Crippen LogP contribution in [0.25, 0.3) is 0 Å². The van der Waals surface area contributed by atoms with Crippen LogP contribution in [0.15, 0.2) is 30.3 Å². The average molecular weight is 275 g/mol. The molecule has 0 aromatic heterocycles. The van der Waals surface area contributed by atoms with Crippen molar-refractivity contribution in [3.8, 4) is 0 Å². The molecule has 0 amide bonds. The highest BCUT2D eigenvalue weighted by Crippen LogP contribution is 2.02. The molecule has 1 rings (SSSR count). The quantitative estimate of drug-likeness (QED) is 0.645. The zero-order valence-corrected chi connectivity index (χ0v) is 10.3. The van der Waals surface area contributed by atoms with Crippen molar-refractivity contribution in [2.24, 2.45) is 11.5 Å². The van der Waals surface area contributed by atoms with Gasteiger partial charge in [0.1, 0.15) is 18.7 Å². The van der Waals surface area contributed by atoms with Crippen LogP contribution in [0.1, 0.15) is 5.56 Å². The second-order valence-corrected chi connectivity index (χ2v) is 3.48. The Hall–Kier alpha value is -1.63. The van der Waals surface area contributed by atoms with E-state index in [4.69, 9.17) is 21.3 Å². The van der Waals surface area contributed by atoms with Crippen molar-refractivity contribution in [1.82, 2.24) is 0 Å². The summed E-state index contributed by atoms with van der Waals surface area (Å²) in [7, 11) is 0. The second-order valence-electron chi connectivity index (χ2n) is 3.48. The van der Waals surface area contributed by atoms with Gasteiger partial charge in [0, 0.05) is 0 Å². The number of benzene rings is 1. The summed E-state index contributed by atoms with van der Waals surface area (Å²) in [6.45, 7) is 0.0414. The molecule has 0 radical (unpaired) electrons. The van der Waals surface area contributed by atoms with Crippen molar-refractivity contribution in [1.29, 1.82) is 0 Å². The lowest BCUT2D eigenvalue weighted by molar-refractivity contribution is -0.151. The van der Waals surface area contributed by atoms with Gasteiger partial charge < -0.3 is 21.3 Å². The van der Waals surface area contributed by atoms with E-state index in [9.17, 15) is 9.59 Å². The summed E-state index contributed by atoms with van der Waals surface area (Å²) >= 11 is 0. The fourth-order valence-electron chi connectivity index (χ4n) is 1.13. The predicted molar refractivity (Wildman–Crippen MR) is 67.1 cm³/mol. The Kier molecular flexibility index (Phi) is 6.96. The molecule has 0 bridgehead atoms. The number of hydrogen-bond acceptors (Lipinski definition) is 5. The van der Waals surface area contributed by atoms with Gasteiger partial charge in [-0.1, -0.05) is 30.3 Å². The summed E-state index contributed by atoms with van der Waals surface area (Å²) in [4.78, 5) is 21.9. The Morgan fingerprint density at radius 1 is 1.17 bits per heavy atom. The Balaban J connectivity index is 0.00000289. The number of rotatable bonds is 5. The van der Waals surface area contributed by atoms with Crippen LogP contribution < -0.4 is 11.5 Å². The van der Waals surface area contributed by atoms with E-state index in [2.05, 4.69) is 0 Å². The zero-order chi connectivity index (χ0) is 12.8. The molecule has 18 heavy (non-hydrogen) atoms. The Morgan fingerprint density at radius 2 is 1.72 bits per heavy atom. The number of esters is 1. The summed E-state index contributed by atoms with van der Waals surface area (Å²) in [6.07, 6.45) is 0. The first-order valence-corrected chi connectivity index (χ1v) is 4.97. The average Bonchev–Trinajstić information content (AvgIpc) is 2.35. The maximum atomic E-state index is 11.4. The second kappa shape index (κ2) is 7.65. The molecule has 0 aliphatic carbocycles. The van der Waals surface area contributed by atoms with Crippen molar-refractivity contribution in [3.05, 3.63) is 35.9 Å². The molecule has 1 aromatic rings. The van der Waals surface area contributed by atoms with Gasteiger partial charge in [-0.15, -0.1) is 12.4 Å². The van der Waals surface area contributed by atoms with Crippen molar-refractivity contribution in [2.75, 3.05) is 0 Å². The summed E-state index contributed by atoms with van der Waals surface area (Å²) in [5, 5.41) is 8.57. The van der Waals surface area contributed by atoms with Crippen molar-refractivity contribution in [2.45, 2.75) is 18.7 Å². The van der Waals surface area contributed by atoms with Crippen molar-refractivity contribution >= 4 is 24.3 Å². The van der Waals surface area contributed by atoms with E-state index in [1.54, 1.807) is 24.3 Å². The molecule has 100 valence electrons. The maximum absolute atomic E-state index is 11.4. The summed E-state index contributed by atoms with van der Waals surface area (Å²) < 4.78 is 4.85. The molecule has 1 aromatic carbocycles. The van der Waals surface area contributed by atoms with Gasteiger partial charge in [0.05, 0.1) is 0 Å². The third-order valence-electron chi connectivity index (χ3n) is 2.17. The van der Waals surface area contributed by atoms with E-state index < -0.39 is 24.0 Å². The topological polar surface area (TPSA) is 116 Å². The molecule has 0 heterocycles. The van der Waals surface area contributed by atoms with E-state index in [-0.39, 0.29) is 19.0 Å². The Morgan fingerprint density at radius 3 is 2.22 bits per heavy atom. The number of aliphatic carboxylic acids is 1. The van der Waals surface area contributed by atoms with Gasteiger partial charge in [-0.2, -0.15) is 0 Å². The number of carboxylic acid groups (broad SMARTS) is 1. The Labute approximate surface area is 110 Å². The van der Waals surface area contributed by atoms with Gasteiger partial charge in [0.2, 0.25) is 0 Å². The zero-order valence-electron chi connectivity index (χ0n) is 9.48. The third-order valence-corrected chi connectivity index (χ3v) is 2.17. The van der Waals surface area contributed by atoms with Crippen LogP contribution in [0.4, 0.5) is 0 Å². The molecule has 0 aliphatic rings. The molecule has 6 nitrogen and oxygen atoms in total. The van der Waals surface area contributed by atoms with Crippen molar-refractivity contribution < 1.29 is 19.4 Å². The molecule has 5 N–H and O–H groups in total. The van der Waals surface area contributed by atoms with Crippen LogP contribution in [0.2, 0.25) is 0 Å². The number of hydrogen-bond donors (Lipinski definition) is 3. The minimum absolute atomic E-state index is 0. The first-order valence-electron chi connectivity index (χ1n) is 4.97. The van der Waals surface area contributed by atoms with E-state index in [1.165, 1.54) is 0 Å². The molecular formula is C11H15ClN2O4. The van der Waals surface area contributed by atoms with Gasteiger partial charge in [-0.05, 0) is 5.56 Å². The molecular weight excluding hydrogens is 260 g/mol. The van der Waals surface area contributed by atoms with Gasteiger partial charge in [-0.3, -0.25) is 9.59 Å². The summed E-state index contributed by atoms with van der Waals surface area (Å²) in [5.74, 6) is -2.17. The number of ether oxygens (including phenoxy) is 1. The van der Waals surface area contributed by atoms with Crippen LogP contribution in [-0.2, 0) is 20.9 Å². The number of carbonyl (C=O) groups excluding carboxylic acids is 1. The predicted octanol–water partition coefficient (Wildman–Crippen LogP) is -0.109. The highest BCUT2D eigenvalue weighted by molar-refractivity contribution is 5.86. The molecule has 0 fully saturated rings. The van der Waals surface area contributed by atoms with E-state index in [0.717, 1.165) is 5.56 Å². The number of nitrogens with two attached hydrogens (primary N) is 2. The fraction of sp³-hybridized carbons (Fsp3) is 0.273. The molecule has 0 saturated heterocycles. The first-order chi connectivity index (χ1) is 8.02. The van der Waals surface area contributed by atoms with Gasteiger partial charge in [0.15, 0.2) is 0 Å². The van der Waals surface area contributed by atoms with Crippen molar-refractivity contribution in [3.63, 3.8) is 0 Å². The lowest BCUT2D eigenvalue weighted by atomic mass is 10.1. The normalized spacial score (nSPS) is 13.0. The lowest BCUT2D eigenvalue weighted by Crippen LogP contribution is -2.52. The third kappa shape index (κ3) is 4.70. The first kappa shape index (κ1) is 16.4. The molecule has 7 heteroatoms. The number of halogens is 1. The van der Waals surface area contributed by atoms with Crippen LogP contribution in [0.3, 0.4) is 0 Å². The van der Waals surface area contributed by atoms with Crippen LogP contribution in [0.5, 0.6) is 0 Å². The van der Waals surface area contributed by atoms with Gasteiger partial charge in [0.25, 0.3) is 0 Å². The Bertz CT molecular complexity index is 399. The molecule has 0 aliphatic heterocycles. The van der Waals surface area contributed by atoms with Crippen LogP contribution in [0, 0.1) is 0 Å². The molecule has 0 saturated carbocycles. The highest BCUT2D eigenvalue weighted by Gasteiger charge is 2.28. The van der Waals surface area contributed by atoms with Crippen LogP contribution >= 0.6 is 12.4 Å². The number of carboxylic acids is 1. The van der Waals surface area contributed by atoms with Gasteiger partial charge in [-0.25, -0.2) is 0 Å². The smallest absolute Gasteiger partial charge is 0.325 e. The standard InChI is InChI=1S/C11H14N2O4.ClH/c12-8(10(14)15)9(13)11(16)17-6-7-4-2-1-3-5-7;/h1-5,8-9H,6,12-13H2,(H,14,15);1H. The largest absolute Gasteiger partial charge is 0.480 e. The maximum Gasteiger partial charge on any atom is 0.325 e. The summed E-state index contributed by atoms with van der Waals surface area (Å²) in [5.41, 5.74) is 11.3. The van der Waals surface area contributed by atoms with E-state index in [0.29, 0.717) is 0 Å². The summed E-state index contributed by atoms with van der Waals surface area (Å²) in [6, 6.07) is 6.15. The molecule has 2 unspecified atom stereocenters. The van der Waals surface area contributed by atoms with E-state index >= 15 is 0 Å². The highest BCUT2D eigenvalue weighted by atomic mass is 35.5. The molecule has 0 spiro atoms. The monoisotopic (exact) mass is 274 g/mol. The minimum Gasteiger partial charge on any atom is -0.480 e. The minimum atomic E-state index is -1.46.